The molecule has 1 amide bonds. The Labute approximate surface area is 208 Å². The number of carbonyl (C=O) groups excluding carboxylic acids is 1. The summed E-state index contributed by atoms with van der Waals surface area (Å²) in [5.74, 6) is 1.56. The highest BCUT2D eigenvalue weighted by Crippen LogP contribution is 2.39. The topological polar surface area (TPSA) is 78.2 Å². The molecular weight excluding hydrogens is 458 g/mol. The van der Waals surface area contributed by atoms with Crippen LogP contribution >= 0.6 is 0 Å². The van der Waals surface area contributed by atoms with E-state index in [4.69, 9.17) is 18.6 Å². The summed E-state index contributed by atoms with van der Waals surface area (Å²) >= 11 is 0. The molecule has 0 saturated carbocycles. The van der Waals surface area contributed by atoms with Crippen molar-refractivity contribution in [3.05, 3.63) is 99.4 Å². The minimum absolute atomic E-state index is 0.0785. The van der Waals surface area contributed by atoms with Crippen LogP contribution in [0.3, 0.4) is 0 Å². The van der Waals surface area contributed by atoms with Crippen molar-refractivity contribution >= 4 is 16.9 Å². The molecule has 0 radical (unpaired) electrons. The third-order valence-corrected chi connectivity index (χ3v) is 6.54. The summed E-state index contributed by atoms with van der Waals surface area (Å²) in [6, 6.07) is 19.6. The smallest absolute Gasteiger partial charge is 0.339 e. The lowest BCUT2D eigenvalue weighted by Crippen LogP contribution is -2.42. The van der Waals surface area contributed by atoms with E-state index in [0.717, 1.165) is 16.7 Å². The van der Waals surface area contributed by atoms with Gasteiger partial charge >= 0.3 is 5.63 Å². The molecule has 1 atom stereocenters. The maximum Gasteiger partial charge on any atom is 0.339 e. The Morgan fingerprint density at radius 1 is 0.972 bits per heavy atom. The number of benzene rings is 3. The number of aryl methyl sites for hydroxylation is 1. The fourth-order valence-electron chi connectivity index (χ4n) is 4.76. The van der Waals surface area contributed by atoms with Gasteiger partial charge in [-0.15, -0.1) is 0 Å². The Morgan fingerprint density at radius 2 is 1.75 bits per heavy atom. The molecule has 2 heterocycles. The van der Waals surface area contributed by atoms with Crippen LogP contribution in [0, 0.1) is 6.92 Å². The van der Waals surface area contributed by atoms with Gasteiger partial charge in [0.25, 0.3) is 5.91 Å². The van der Waals surface area contributed by atoms with E-state index in [0.29, 0.717) is 46.7 Å². The van der Waals surface area contributed by atoms with E-state index in [9.17, 15) is 9.59 Å². The zero-order valence-corrected chi connectivity index (χ0v) is 20.4. The van der Waals surface area contributed by atoms with E-state index in [1.165, 1.54) is 6.07 Å². The summed E-state index contributed by atoms with van der Waals surface area (Å²) in [6.45, 7) is 2.63. The highest BCUT2D eigenvalue weighted by Gasteiger charge is 2.33. The molecule has 4 aromatic rings. The van der Waals surface area contributed by atoms with Crippen LogP contribution in [0.4, 0.5) is 0 Å². The second kappa shape index (κ2) is 9.77. The number of carbonyl (C=O) groups is 1. The van der Waals surface area contributed by atoms with Crippen molar-refractivity contribution in [3.8, 4) is 17.2 Å². The second-order valence-electron chi connectivity index (χ2n) is 8.78. The van der Waals surface area contributed by atoms with Crippen molar-refractivity contribution in [1.82, 2.24) is 4.90 Å². The minimum atomic E-state index is -0.494. The molecule has 5 rings (SSSR count). The number of amides is 1. The van der Waals surface area contributed by atoms with Gasteiger partial charge in [0.05, 0.1) is 31.7 Å². The second-order valence-corrected chi connectivity index (χ2v) is 8.78. The summed E-state index contributed by atoms with van der Waals surface area (Å²) in [4.78, 5) is 27.7. The highest BCUT2D eigenvalue weighted by molar-refractivity contribution is 5.95. The molecular formula is C29H27NO6. The normalized spacial score (nSPS) is 14.9. The number of hydrogen-bond donors (Lipinski definition) is 0. The third kappa shape index (κ3) is 4.40. The first-order chi connectivity index (χ1) is 17.5. The van der Waals surface area contributed by atoms with E-state index >= 15 is 0 Å². The number of para-hydroxylation sites is 1. The predicted octanol–water partition coefficient (Wildman–Crippen LogP) is 4.94. The van der Waals surface area contributed by atoms with Crippen molar-refractivity contribution in [2.24, 2.45) is 0 Å². The van der Waals surface area contributed by atoms with Gasteiger partial charge in [0.2, 0.25) is 0 Å². The Balaban J connectivity index is 1.56. The fraction of sp³-hybridized carbons (Fsp3) is 0.241. The SMILES string of the molecule is COc1cc2c(cc1OC)C(COc1cc(=O)oc3ccccc13)N(C(=O)c1cccc(C)c1)CC2. The number of rotatable bonds is 6. The average Bonchev–Trinajstić information content (AvgIpc) is 2.90. The van der Waals surface area contributed by atoms with Gasteiger partial charge in [-0.05, 0) is 60.9 Å². The molecule has 0 aliphatic carbocycles. The lowest BCUT2D eigenvalue weighted by molar-refractivity contribution is 0.0590. The molecule has 0 saturated heterocycles. The largest absolute Gasteiger partial charge is 0.493 e. The Hall–Kier alpha value is -4.26. The first kappa shape index (κ1) is 23.5. The first-order valence-electron chi connectivity index (χ1n) is 11.8. The predicted molar refractivity (Wildman–Crippen MR) is 136 cm³/mol. The minimum Gasteiger partial charge on any atom is -0.493 e. The molecule has 1 aliphatic heterocycles. The van der Waals surface area contributed by atoms with Crippen molar-refractivity contribution in [3.63, 3.8) is 0 Å². The van der Waals surface area contributed by atoms with Crippen LogP contribution in [0.2, 0.25) is 0 Å². The van der Waals surface area contributed by atoms with Crippen LogP contribution in [0.5, 0.6) is 17.2 Å². The quantitative estimate of drug-likeness (QED) is 0.360. The maximum absolute atomic E-state index is 13.7. The molecule has 1 aromatic heterocycles. The summed E-state index contributed by atoms with van der Waals surface area (Å²) in [6.07, 6.45) is 0.668. The van der Waals surface area contributed by atoms with Crippen LogP contribution in [-0.2, 0) is 6.42 Å². The number of nitrogens with zero attached hydrogens (tertiary/aromatic N) is 1. The fourth-order valence-corrected chi connectivity index (χ4v) is 4.76. The van der Waals surface area contributed by atoms with Crippen LogP contribution in [0.25, 0.3) is 11.0 Å². The van der Waals surface area contributed by atoms with E-state index in [1.54, 1.807) is 26.4 Å². The number of ether oxygens (including phenoxy) is 3. The van der Waals surface area contributed by atoms with Gasteiger partial charge in [-0.1, -0.05) is 29.8 Å². The zero-order chi connectivity index (χ0) is 25.2. The molecule has 0 bridgehead atoms. The van der Waals surface area contributed by atoms with E-state index in [-0.39, 0.29) is 12.5 Å². The molecule has 0 spiro atoms. The van der Waals surface area contributed by atoms with Crippen LogP contribution < -0.4 is 19.8 Å². The van der Waals surface area contributed by atoms with E-state index in [2.05, 4.69) is 0 Å². The van der Waals surface area contributed by atoms with Crippen LogP contribution in [0.1, 0.15) is 33.1 Å². The monoisotopic (exact) mass is 485 g/mol. The van der Waals surface area contributed by atoms with Crippen molar-refractivity contribution in [1.29, 1.82) is 0 Å². The van der Waals surface area contributed by atoms with Crippen molar-refractivity contribution in [2.45, 2.75) is 19.4 Å². The molecule has 36 heavy (non-hydrogen) atoms. The first-order valence-corrected chi connectivity index (χ1v) is 11.8. The third-order valence-electron chi connectivity index (χ3n) is 6.54. The summed E-state index contributed by atoms with van der Waals surface area (Å²) < 4.78 is 22.6. The number of methoxy groups -OCH3 is 2. The summed E-state index contributed by atoms with van der Waals surface area (Å²) in [5.41, 5.74) is 3.57. The van der Waals surface area contributed by atoms with Crippen molar-refractivity contribution < 1.29 is 23.4 Å². The number of hydrogen-bond acceptors (Lipinski definition) is 6. The van der Waals surface area contributed by atoms with E-state index in [1.807, 2.05) is 60.4 Å². The van der Waals surface area contributed by atoms with Gasteiger partial charge in [0.15, 0.2) is 11.5 Å². The van der Waals surface area contributed by atoms with E-state index < -0.39 is 11.7 Å². The average molecular weight is 486 g/mol. The van der Waals surface area contributed by atoms with Crippen LogP contribution in [0.15, 0.2) is 75.9 Å². The maximum atomic E-state index is 13.7. The molecule has 3 aromatic carbocycles. The lowest BCUT2D eigenvalue weighted by Gasteiger charge is -2.37. The summed E-state index contributed by atoms with van der Waals surface area (Å²) in [7, 11) is 3.19. The van der Waals surface area contributed by atoms with Crippen LogP contribution in [-0.4, -0.2) is 38.2 Å². The van der Waals surface area contributed by atoms with Crippen molar-refractivity contribution in [2.75, 3.05) is 27.4 Å². The highest BCUT2D eigenvalue weighted by atomic mass is 16.5. The van der Waals surface area contributed by atoms with Gasteiger partial charge < -0.3 is 23.5 Å². The van der Waals surface area contributed by atoms with Gasteiger partial charge in [0, 0.05) is 12.1 Å². The zero-order valence-electron chi connectivity index (χ0n) is 20.4. The molecule has 184 valence electrons. The molecule has 1 aliphatic rings. The molecule has 7 heteroatoms. The molecule has 0 N–H and O–H groups in total. The lowest BCUT2D eigenvalue weighted by atomic mass is 9.91. The van der Waals surface area contributed by atoms with Gasteiger partial charge in [0.1, 0.15) is 17.9 Å². The Bertz CT molecular complexity index is 1490. The van der Waals surface area contributed by atoms with Gasteiger partial charge in [-0.2, -0.15) is 0 Å². The Morgan fingerprint density at radius 3 is 2.53 bits per heavy atom. The number of fused-ring (bicyclic) bond motifs is 2. The standard InChI is InChI=1S/C29H27NO6/c1-18-7-6-8-20(13-18)29(32)30-12-11-19-14-26(33-2)27(34-3)15-22(19)23(30)17-35-25-16-28(31)36-24-10-5-4-9-21(24)25/h4-10,13-16,23H,11-12,17H2,1-3H3. The Kier molecular flexibility index (Phi) is 6.38. The van der Waals surface area contributed by atoms with Gasteiger partial charge in [-0.3, -0.25) is 4.79 Å². The summed E-state index contributed by atoms with van der Waals surface area (Å²) in [5, 5.41) is 0.692. The molecule has 1 unspecified atom stereocenters. The van der Waals surface area contributed by atoms with Gasteiger partial charge in [-0.25, -0.2) is 4.79 Å². The molecule has 0 fully saturated rings. The molecule has 7 nitrogen and oxygen atoms in total.